The lowest BCUT2D eigenvalue weighted by Crippen LogP contribution is -1.86. The second-order valence-corrected chi connectivity index (χ2v) is 5.60. The van der Waals surface area contributed by atoms with Gasteiger partial charge in [-0.05, 0) is 40.9 Å². The van der Waals surface area contributed by atoms with E-state index >= 15 is 0 Å². The van der Waals surface area contributed by atoms with Crippen LogP contribution in [-0.2, 0) is 0 Å². The maximum atomic E-state index is 6.10. The smallest absolute Gasteiger partial charge is 0.0704 e. The van der Waals surface area contributed by atoms with Crippen LogP contribution in [0.1, 0.15) is 29.2 Å². The minimum Gasteiger partial charge on any atom is -0.133 e. The summed E-state index contributed by atoms with van der Waals surface area (Å²) in [5.41, 5.74) is 1.27. The average Bonchev–Trinajstić information content (AvgIpc) is 2.28. The van der Waals surface area contributed by atoms with Crippen LogP contribution in [0.2, 0.25) is 0 Å². The van der Waals surface area contributed by atoms with Gasteiger partial charge in [0.15, 0.2) is 0 Å². The lowest BCUT2D eigenvalue weighted by molar-refractivity contribution is 0.882. The van der Waals surface area contributed by atoms with E-state index < -0.39 is 0 Å². The van der Waals surface area contributed by atoms with E-state index in [1.807, 2.05) is 0 Å². The molecule has 0 aromatic carbocycles. The molecular weight excluding hydrogens is 244 g/mol. The largest absolute Gasteiger partial charge is 0.133 e. The minimum absolute atomic E-state index is 0.178. The summed E-state index contributed by atoms with van der Waals surface area (Å²) >= 11 is 11.3. The fourth-order valence-electron chi connectivity index (χ4n) is 0.989. The van der Waals surface area contributed by atoms with Gasteiger partial charge in [-0.1, -0.05) is 6.92 Å². The third-order valence-electron chi connectivity index (χ3n) is 1.62. The van der Waals surface area contributed by atoms with Crippen molar-refractivity contribution in [2.75, 3.05) is 0 Å². The molecule has 1 atom stereocenters. The number of halogens is 2. The highest BCUT2D eigenvalue weighted by atomic mass is 79.9. The number of rotatable bonds is 2. The second kappa shape index (κ2) is 3.92. The van der Waals surface area contributed by atoms with E-state index in [9.17, 15) is 0 Å². The van der Waals surface area contributed by atoms with Crippen molar-refractivity contribution in [3.8, 4) is 0 Å². The Labute approximate surface area is 84.7 Å². The van der Waals surface area contributed by atoms with Gasteiger partial charge in [0, 0.05) is 4.88 Å². The van der Waals surface area contributed by atoms with Crippen LogP contribution < -0.4 is 0 Å². The predicted octanol–water partition coefficient (Wildman–Crippen LogP) is 4.51. The summed E-state index contributed by atoms with van der Waals surface area (Å²) < 4.78 is 1.17. The number of aryl methyl sites for hydroxylation is 1. The van der Waals surface area contributed by atoms with E-state index in [2.05, 4.69) is 35.8 Å². The third kappa shape index (κ3) is 2.20. The van der Waals surface area contributed by atoms with Gasteiger partial charge in [0.1, 0.15) is 0 Å². The first-order valence-corrected chi connectivity index (χ1v) is 5.59. The van der Waals surface area contributed by atoms with Gasteiger partial charge in [-0.25, -0.2) is 0 Å². The molecule has 0 nitrogen and oxygen atoms in total. The van der Waals surface area contributed by atoms with Crippen LogP contribution in [-0.4, -0.2) is 0 Å². The number of alkyl halides is 1. The molecule has 1 aromatic rings. The zero-order chi connectivity index (χ0) is 8.43. The zero-order valence-electron chi connectivity index (χ0n) is 6.53. The van der Waals surface area contributed by atoms with Gasteiger partial charge in [-0.2, -0.15) is 0 Å². The standard InChI is InChI=1S/C8H10BrClS/c1-3-7(10)6-4-8(9)11-5(6)2/h4,7H,3H2,1-2H3. The molecule has 0 spiro atoms. The zero-order valence-corrected chi connectivity index (χ0v) is 9.68. The maximum Gasteiger partial charge on any atom is 0.0704 e. The third-order valence-corrected chi connectivity index (χ3v) is 3.73. The van der Waals surface area contributed by atoms with E-state index in [0.717, 1.165) is 6.42 Å². The molecular formula is C8H10BrClS. The first kappa shape index (κ1) is 9.56. The van der Waals surface area contributed by atoms with Crippen LogP contribution >= 0.6 is 38.9 Å². The Morgan fingerprint density at radius 2 is 2.36 bits per heavy atom. The van der Waals surface area contributed by atoms with E-state index in [1.165, 1.54) is 14.2 Å². The van der Waals surface area contributed by atoms with Crippen molar-refractivity contribution < 1.29 is 0 Å². The predicted molar refractivity (Wildman–Crippen MR) is 55.6 cm³/mol. The second-order valence-electron chi connectivity index (χ2n) is 2.44. The molecule has 0 aliphatic heterocycles. The number of thiophene rings is 1. The molecule has 0 aliphatic rings. The van der Waals surface area contributed by atoms with Gasteiger partial charge >= 0.3 is 0 Å². The molecule has 1 aromatic heterocycles. The van der Waals surface area contributed by atoms with E-state index in [4.69, 9.17) is 11.6 Å². The highest BCUT2D eigenvalue weighted by Crippen LogP contribution is 2.34. The Morgan fingerprint density at radius 1 is 1.73 bits per heavy atom. The summed E-state index contributed by atoms with van der Waals surface area (Å²) in [7, 11) is 0. The summed E-state index contributed by atoms with van der Waals surface area (Å²) in [6.45, 7) is 4.21. The lowest BCUT2D eigenvalue weighted by atomic mass is 10.1. The van der Waals surface area contributed by atoms with Crippen molar-refractivity contribution in [1.29, 1.82) is 0 Å². The summed E-state index contributed by atoms with van der Waals surface area (Å²) in [6, 6.07) is 2.11. The SMILES string of the molecule is CCC(Cl)c1cc(Br)sc1C. The molecule has 0 amide bonds. The molecule has 0 aliphatic carbocycles. The Morgan fingerprint density at radius 3 is 2.73 bits per heavy atom. The average molecular weight is 254 g/mol. The normalized spacial score (nSPS) is 13.5. The van der Waals surface area contributed by atoms with Gasteiger partial charge in [-0.15, -0.1) is 22.9 Å². The van der Waals surface area contributed by atoms with Gasteiger partial charge in [0.25, 0.3) is 0 Å². The maximum absolute atomic E-state index is 6.10. The molecule has 0 saturated carbocycles. The van der Waals surface area contributed by atoms with Crippen LogP contribution in [0.25, 0.3) is 0 Å². The van der Waals surface area contributed by atoms with E-state index in [0.29, 0.717) is 0 Å². The quantitative estimate of drug-likeness (QED) is 0.680. The molecule has 1 rings (SSSR count). The minimum atomic E-state index is 0.178. The summed E-state index contributed by atoms with van der Waals surface area (Å²) in [5.74, 6) is 0. The van der Waals surface area contributed by atoms with Crippen LogP contribution in [0.15, 0.2) is 9.85 Å². The summed E-state index contributed by atoms with van der Waals surface area (Å²) in [6.07, 6.45) is 0.992. The highest BCUT2D eigenvalue weighted by molar-refractivity contribution is 9.11. The van der Waals surface area contributed by atoms with Crippen LogP contribution in [0.4, 0.5) is 0 Å². The Kier molecular flexibility index (Phi) is 3.41. The molecule has 0 N–H and O–H groups in total. The van der Waals surface area contributed by atoms with Crippen LogP contribution in [0.5, 0.6) is 0 Å². The molecule has 3 heteroatoms. The van der Waals surface area contributed by atoms with Crippen molar-refractivity contribution in [2.45, 2.75) is 25.6 Å². The topological polar surface area (TPSA) is 0 Å². The molecule has 62 valence electrons. The highest BCUT2D eigenvalue weighted by Gasteiger charge is 2.10. The van der Waals surface area contributed by atoms with Crippen molar-refractivity contribution in [3.05, 3.63) is 20.3 Å². The van der Waals surface area contributed by atoms with Crippen molar-refractivity contribution in [3.63, 3.8) is 0 Å². The number of hydrogen-bond donors (Lipinski definition) is 0. The van der Waals surface area contributed by atoms with Crippen molar-refractivity contribution in [1.82, 2.24) is 0 Å². The van der Waals surface area contributed by atoms with E-state index in [-0.39, 0.29) is 5.38 Å². The monoisotopic (exact) mass is 252 g/mol. The molecule has 0 fully saturated rings. The van der Waals surface area contributed by atoms with E-state index in [1.54, 1.807) is 11.3 Å². The fourth-order valence-corrected chi connectivity index (χ4v) is 3.05. The summed E-state index contributed by atoms with van der Waals surface area (Å²) in [4.78, 5) is 1.32. The molecule has 0 saturated heterocycles. The van der Waals surface area contributed by atoms with Crippen molar-refractivity contribution >= 4 is 38.9 Å². The molecule has 0 radical (unpaired) electrons. The fraction of sp³-hybridized carbons (Fsp3) is 0.500. The van der Waals surface area contributed by atoms with Gasteiger partial charge in [-0.3, -0.25) is 0 Å². The van der Waals surface area contributed by atoms with Gasteiger partial charge < -0.3 is 0 Å². The Bertz CT molecular complexity index is 244. The first-order valence-electron chi connectivity index (χ1n) is 3.55. The molecule has 1 unspecified atom stereocenters. The molecule has 1 heterocycles. The van der Waals surface area contributed by atoms with Crippen LogP contribution in [0.3, 0.4) is 0 Å². The number of hydrogen-bond acceptors (Lipinski definition) is 1. The summed E-state index contributed by atoms with van der Waals surface area (Å²) in [5, 5.41) is 0.178. The molecule has 0 bridgehead atoms. The lowest BCUT2D eigenvalue weighted by Gasteiger charge is -2.03. The first-order chi connectivity index (χ1) is 5.15. The van der Waals surface area contributed by atoms with Gasteiger partial charge in [0.2, 0.25) is 0 Å². The molecule has 11 heavy (non-hydrogen) atoms. The van der Waals surface area contributed by atoms with Gasteiger partial charge in [0.05, 0.1) is 9.16 Å². The Hall–Kier alpha value is 0.470. The van der Waals surface area contributed by atoms with Crippen molar-refractivity contribution in [2.24, 2.45) is 0 Å². The Balaban J connectivity index is 2.93. The van der Waals surface area contributed by atoms with Crippen LogP contribution in [0, 0.1) is 6.92 Å².